The van der Waals surface area contributed by atoms with Crippen molar-refractivity contribution in [1.29, 1.82) is 5.26 Å². The molecule has 0 bridgehead atoms. The lowest BCUT2D eigenvalue weighted by Gasteiger charge is -2.35. The van der Waals surface area contributed by atoms with Crippen LogP contribution in [-0.2, 0) is 0 Å². The van der Waals surface area contributed by atoms with Crippen molar-refractivity contribution in [3.05, 3.63) is 47.5 Å². The minimum Gasteiger partial charge on any atom is -0.424 e. The summed E-state index contributed by atoms with van der Waals surface area (Å²) in [4.78, 5) is 6.60. The van der Waals surface area contributed by atoms with E-state index in [0.29, 0.717) is 24.0 Å². The molecule has 1 N–H and O–H groups in total. The van der Waals surface area contributed by atoms with Crippen LogP contribution in [0.25, 0.3) is 0 Å². The minimum atomic E-state index is 0.272. The number of nitrogens with one attached hydrogen (secondary N) is 1. The molecule has 23 heavy (non-hydrogen) atoms. The van der Waals surface area contributed by atoms with Gasteiger partial charge in [-0.05, 0) is 31.5 Å². The van der Waals surface area contributed by atoms with E-state index in [1.807, 2.05) is 6.07 Å². The topological polar surface area (TPSA) is 65.1 Å². The molecule has 1 aromatic carbocycles. The van der Waals surface area contributed by atoms with Gasteiger partial charge in [0.2, 0.25) is 11.6 Å². The fourth-order valence-electron chi connectivity index (χ4n) is 3.18. The lowest BCUT2D eigenvalue weighted by Crippen LogP contribution is -2.37. The van der Waals surface area contributed by atoms with E-state index >= 15 is 0 Å². The Kier molecular flexibility index (Phi) is 4.94. The Morgan fingerprint density at radius 3 is 2.70 bits per heavy atom. The lowest BCUT2D eigenvalue weighted by molar-refractivity contribution is 0.170. The molecule has 0 saturated carbocycles. The summed E-state index contributed by atoms with van der Waals surface area (Å²) in [5.74, 6) is 0.987. The van der Waals surface area contributed by atoms with Crippen LogP contribution in [0.4, 0.5) is 5.88 Å². The lowest BCUT2D eigenvalue weighted by atomic mass is 10.0. The zero-order valence-electron chi connectivity index (χ0n) is 13.5. The van der Waals surface area contributed by atoms with Gasteiger partial charge in [0.05, 0.1) is 6.04 Å². The maximum Gasteiger partial charge on any atom is 0.232 e. The van der Waals surface area contributed by atoms with Crippen molar-refractivity contribution in [2.24, 2.45) is 0 Å². The van der Waals surface area contributed by atoms with E-state index < -0.39 is 0 Å². The smallest absolute Gasteiger partial charge is 0.232 e. The van der Waals surface area contributed by atoms with Crippen LogP contribution in [0.3, 0.4) is 0 Å². The van der Waals surface area contributed by atoms with Crippen LogP contribution >= 0.6 is 0 Å². The average molecular weight is 310 g/mol. The highest BCUT2D eigenvalue weighted by Gasteiger charge is 2.23. The van der Waals surface area contributed by atoms with Crippen LogP contribution in [0, 0.1) is 18.3 Å². The van der Waals surface area contributed by atoms with Gasteiger partial charge in [-0.3, -0.25) is 4.90 Å². The standard InChI is InChI=1S/C18H22N4O/c1-14-21-16(12-19)18(23-14)20-13-17(15-8-4-2-5-9-15)22-10-6-3-7-11-22/h2,4-5,8-9,17,20H,3,6-7,10-11,13H2,1H3. The summed E-state index contributed by atoms with van der Waals surface area (Å²) >= 11 is 0. The third-order valence-electron chi connectivity index (χ3n) is 4.31. The Morgan fingerprint density at radius 1 is 1.26 bits per heavy atom. The summed E-state index contributed by atoms with van der Waals surface area (Å²) in [7, 11) is 0. The maximum absolute atomic E-state index is 9.14. The minimum absolute atomic E-state index is 0.272. The number of anilines is 1. The first-order chi connectivity index (χ1) is 11.3. The average Bonchev–Trinajstić information content (AvgIpc) is 2.97. The van der Waals surface area contributed by atoms with Crippen molar-refractivity contribution >= 4 is 5.88 Å². The number of aryl methyl sites for hydroxylation is 1. The Labute approximate surface area is 136 Å². The predicted octanol–water partition coefficient (Wildman–Crippen LogP) is 3.49. The molecule has 2 heterocycles. The molecule has 1 fully saturated rings. The quantitative estimate of drug-likeness (QED) is 0.915. The van der Waals surface area contributed by atoms with Crippen molar-refractivity contribution in [1.82, 2.24) is 9.88 Å². The second-order valence-corrected chi connectivity index (χ2v) is 5.93. The fraction of sp³-hybridized carbons (Fsp3) is 0.444. The zero-order valence-corrected chi connectivity index (χ0v) is 13.5. The molecular weight excluding hydrogens is 288 g/mol. The van der Waals surface area contributed by atoms with Crippen molar-refractivity contribution in [3.8, 4) is 6.07 Å². The molecule has 1 aromatic heterocycles. The first-order valence-corrected chi connectivity index (χ1v) is 8.18. The molecule has 0 aliphatic carbocycles. The van der Waals surface area contributed by atoms with Gasteiger partial charge in [-0.15, -0.1) is 0 Å². The van der Waals surface area contributed by atoms with Gasteiger partial charge >= 0.3 is 0 Å². The van der Waals surface area contributed by atoms with Crippen molar-refractivity contribution in [2.45, 2.75) is 32.2 Å². The van der Waals surface area contributed by atoms with Crippen LogP contribution in [0.2, 0.25) is 0 Å². The van der Waals surface area contributed by atoms with Gasteiger partial charge in [0, 0.05) is 13.5 Å². The molecule has 5 heteroatoms. The van der Waals surface area contributed by atoms with Crippen LogP contribution in [0.15, 0.2) is 34.7 Å². The highest BCUT2D eigenvalue weighted by molar-refractivity contribution is 5.45. The second-order valence-electron chi connectivity index (χ2n) is 5.93. The Morgan fingerprint density at radius 2 is 2.00 bits per heavy atom. The fourth-order valence-corrected chi connectivity index (χ4v) is 3.18. The van der Waals surface area contributed by atoms with E-state index in [9.17, 15) is 0 Å². The highest BCUT2D eigenvalue weighted by atomic mass is 16.4. The molecule has 1 atom stereocenters. The molecule has 3 rings (SSSR count). The molecule has 1 unspecified atom stereocenters. The van der Waals surface area contributed by atoms with E-state index in [-0.39, 0.29) is 6.04 Å². The first-order valence-electron chi connectivity index (χ1n) is 8.18. The summed E-state index contributed by atoms with van der Waals surface area (Å²) in [5.41, 5.74) is 1.62. The van der Waals surface area contributed by atoms with Gasteiger partial charge in [-0.25, -0.2) is 4.98 Å². The summed E-state index contributed by atoms with van der Waals surface area (Å²) < 4.78 is 5.52. The number of benzene rings is 1. The number of piperidine rings is 1. The molecule has 0 radical (unpaired) electrons. The summed E-state index contributed by atoms with van der Waals surface area (Å²) in [6.45, 7) is 4.68. The zero-order chi connectivity index (χ0) is 16.1. The number of hydrogen-bond donors (Lipinski definition) is 1. The summed E-state index contributed by atoms with van der Waals surface area (Å²) in [5, 5.41) is 12.4. The normalized spacial score (nSPS) is 16.7. The van der Waals surface area contributed by atoms with Gasteiger partial charge in [-0.2, -0.15) is 5.26 Å². The SMILES string of the molecule is Cc1nc(C#N)c(NCC(c2ccccc2)N2CCCCC2)o1. The molecule has 2 aromatic rings. The number of hydrogen-bond acceptors (Lipinski definition) is 5. The van der Waals surface area contributed by atoms with E-state index in [1.54, 1.807) is 6.92 Å². The van der Waals surface area contributed by atoms with Gasteiger partial charge < -0.3 is 9.73 Å². The second kappa shape index (κ2) is 7.30. The van der Waals surface area contributed by atoms with Crippen molar-refractivity contribution in [2.75, 3.05) is 25.0 Å². The molecule has 0 amide bonds. The third kappa shape index (κ3) is 3.72. The van der Waals surface area contributed by atoms with E-state index in [2.05, 4.69) is 45.5 Å². The molecule has 1 saturated heterocycles. The monoisotopic (exact) mass is 310 g/mol. The first kappa shape index (κ1) is 15.6. The maximum atomic E-state index is 9.14. The van der Waals surface area contributed by atoms with Crippen LogP contribution in [0.5, 0.6) is 0 Å². The largest absolute Gasteiger partial charge is 0.424 e. The van der Waals surface area contributed by atoms with Gasteiger partial charge in [0.15, 0.2) is 5.89 Å². The van der Waals surface area contributed by atoms with Gasteiger partial charge in [0.25, 0.3) is 0 Å². The van der Waals surface area contributed by atoms with Crippen molar-refractivity contribution in [3.63, 3.8) is 0 Å². The molecule has 1 aliphatic rings. The van der Waals surface area contributed by atoms with Gasteiger partial charge in [0.1, 0.15) is 6.07 Å². The number of nitriles is 1. The summed E-state index contributed by atoms with van der Waals surface area (Å²) in [6.07, 6.45) is 3.80. The van der Waals surface area contributed by atoms with Crippen LogP contribution in [-0.4, -0.2) is 29.5 Å². The van der Waals surface area contributed by atoms with E-state index in [4.69, 9.17) is 9.68 Å². The number of nitrogens with zero attached hydrogens (tertiary/aromatic N) is 3. The van der Waals surface area contributed by atoms with Crippen LogP contribution in [0.1, 0.15) is 42.5 Å². The van der Waals surface area contributed by atoms with E-state index in [0.717, 1.165) is 13.1 Å². The Balaban J connectivity index is 1.77. The molecule has 1 aliphatic heterocycles. The predicted molar refractivity (Wildman–Crippen MR) is 89.1 cm³/mol. The van der Waals surface area contributed by atoms with Crippen molar-refractivity contribution < 1.29 is 4.42 Å². The number of aromatic nitrogens is 1. The molecule has 0 spiro atoms. The third-order valence-corrected chi connectivity index (χ3v) is 4.31. The Bertz CT molecular complexity index is 668. The molecule has 5 nitrogen and oxygen atoms in total. The number of oxazole rings is 1. The Hall–Kier alpha value is -2.32. The molecular formula is C18H22N4O. The number of rotatable bonds is 5. The van der Waals surface area contributed by atoms with Crippen LogP contribution < -0.4 is 5.32 Å². The molecule has 120 valence electrons. The van der Waals surface area contributed by atoms with Gasteiger partial charge in [-0.1, -0.05) is 36.8 Å². The highest BCUT2D eigenvalue weighted by Crippen LogP contribution is 2.26. The van der Waals surface area contributed by atoms with E-state index in [1.165, 1.54) is 24.8 Å². The summed E-state index contributed by atoms with van der Waals surface area (Å²) in [6, 6.07) is 12.9. The number of likely N-dealkylation sites (tertiary alicyclic amines) is 1.